The molecule has 0 spiro atoms. The lowest BCUT2D eigenvalue weighted by Crippen LogP contribution is -2.28. The van der Waals surface area contributed by atoms with E-state index >= 15 is 0 Å². The number of carbonyl (C=O) groups is 1. The van der Waals surface area contributed by atoms with Gasteiger partial charge in [0, 0.05) is 31.0 Å². The van der Waals surface area contributed by atoms with Crippen LogP contribution in [0.2, 0.25) is 0 Å². The molecule has 138 valence electrons. The second kappa shape index (κ2) is 6.92. The molecule has 0 saturated heterocycles. The zero-order valence-electron chi connectivity index (χ0n) is 16.8. The summed E-state index contributed by atoms with van der Waals surface area (Å²) in [6.45, 7) is 14.1. The average molecular weight is 358 g/mol. The van der Waals surface area contributed by atoms with Gasteiger partial charge in [0.1, 0.15) is 5.69 Å². The van der Waals surface area contributed by atoms with E-state index in [4.69, 9.17) is 0 Å². The standard InChI is InChI=1S/C24H26N2O/c1-15(2)16(3)22-17(4)23(25(6)18(22)5)24(27)26(7)21-13-12-19-10-8-9-11-20(19)14-21/h8-14H,1,3H2,2,4-7H3. The highest BCUT2D eigenvalue weighted by molar-refractivity contribution is 6.07. The van der Waals surface area contributed by atoms with Gasteiger partial charge in [-0.2, -0.15) is 0 Å². The summed E-state index contributed by atoms with van der Waals surface area (Å²) in [5, 5.41) is 2.28. The Balaban J connectivity index is 2.05. The molecule has 0 bridgehead atoms. The maximum absolute atomic E-state index is 13.3. The fourth-order valence-corrected chi connectivity index (χ4v) is 3.60. The Morgan fingerprint density at radius 1 is 1.04 bits per heavy atom. The molecule has 0 aliphatic rings. The maximum Gasteiger partial charge on any atom is 0.274 e. The normalized spacial score (nSPS) is 10.9. The fraction of sp³-hybridized carbons (Fsp3) is 0.208. The van der Waals surface area contributed by atoms with Crippen LogP contribution in [-0.4, -0.2) is 17.5 Å². The molecule has 27 heavy (non-hydrogen) atoms. The number of aromatic nitrogens is 1. The van der Waals surface area contributed by atoms with E-state index in [2.05, 4.69) is 25.3 Å². The van der Waals surface area contributed by atoms with Crippen molar-refractivity contribution in [1.82, 2.24) is 4.57 Å². The van der Waals surface area contributed by atoms with Crippen LogP contribution in [0, 0.1) is 13.8 Å². The Labute approximate surface area is 161 Å². The molecule has 1 aromatic heterocycles. The first-order valence-corrected chi connectivity index (χ1v) is 9.02. The number of benzene rings is 2. The third kappa shape index (κ3) is 3.10. The first kappa shape index (κ1) is 18.7. The summed E-state index contributed by atoms with van der Waals surface area (Å²) in [4.78, 5) is 15.0. The highest BCUT2D eigenvalue weighted by atomic mass is 16.2. The van der Waals surface area contributed by atoms with Crippen LogP contribution in [0.15, 0.2) is 61.2 Å². The molecule has 0 fully saturated rings. The highest BCUT2D eigenvalue weighted by Gasteiger charge is 2.25. The van der Waals surface area contributed by atoms with E-state index in [0.717, 1.165) is 44.4 Å². The minimum Gasteiger partial charge on any atom is -0.343 e. The van der Waals surface area contributed by atoms with E-state index in [1.165, 1.54) is 0 Å². The van der Waals surface area contributed by atoms with Crippen molar-refractivity contribution in [3.8, 4) is 0 Å². The van der Waals surface area contributed by atoms with Crippen molar-refractivity contribution >= 4 is 27.9 Å². The minimum absolute atomic E-state index is 0.0332. The van der Waals surface area contributed by atoms with Gasteiger partial charge in [-0.25, -0.2) is 0 Å². The molecule has 1 amide bonds. The number of carbonyl (C=O) groups excluding carboxylic acids is 1. The van der Waals surface area contributed by atoms with Crippen LogP contribution >= 0.6 is 0 Å². The molecule has 3 aromatic rings. The van der Waals surface area contributed by atoms with Gasteiger partial charge in [0.05, 0.1) is 0 Å². The van der Waals surface area contributed by atoms with E-state index in [1.807, 2.05) is 69.8 Å². The molecular formula is C24H26N2O. The Hall–Kier alpha value is -3.07. The summed E-state index contributed by atoms with van der Waals surface area (Å²) >= 11 is 0. The van der Waals surface area contributed by atoms with Crippen LogP contribution in [0.25, 0.3) is 16.3 Å². The van der Waals surface area contributed by atoms with Gasteiger partial charge in [-0.3, -0.25) is 4.79 Å². The lowest BCUT2D eigenvalue weighted by atomic mass is 9.98. The molecule has 2 aromatic carbocycles. The predicted molar refractivity (Wildman–Crippen MR) is 115 cm³/mol. The Bertz CT molecular complexity index is 1090. The fourth-order valence-electron chi connectivity index (χ4n) is 3.60. The highest BCUT2D eigenvalue weighted by Crippen LogP contribution is 2.32. The van der Waals surface area contributed by atoms with Gasteiger partial charge in [-0.1, -0.05) is 49.1 Å². The molecule has 0 unspecified atom stereocenters. The van der Waals surface area contributed by atoms with Crippen molar-refractivity contribution in [2.24, 2.45) is 7.05 Å². The quantitative estimate of drug-likeness (QED) is 0.552. The second-order valence-corrected chi connectivity index (χ2v) is 7.15. The van der Waals surface area contributed by atoms with Crippen LogP contribution in [0.4, 0.5) is 5.69 Å². The zero-order valence-corrected chi connectivity index (χ0v) is 16.8. The maximum atomic E-state index is 13.3. The number of anilines is 1. The van der Waals surface area contributed by atoms with Crippen molar-refractivity contribution in [2.45, 2.75) is 20.8 Å². The van der Waals surface area contributed by atoms with E-state index in [0.29, 0.717) is 5.69 Å². The molecule has 3 heteroatoms. The lowest BCUT2D eigenvalue weighted by molar-refractivity contribution is 0.0984. The number of fused-ring (bicyclic) bond motifs is 1. The molecule has 0 saturated carbocycles. The molecule has 3 nitrogen and oxygen atoms in total. The summed E-state index contributed by atoms with van der Waals surface area (Å²) in [7, 11) is 3.75. The van der Waals surface area contributed by atoms with Crippen molar-refractivity contribution in [3.05, 3.63) is 83.7 Å². The third-order valence-electron chi connectivity index (χ3n) is 5.38. The van der Waals surface area contributed by atoms with Gasteiger partial charge in [0.2, 0.25) is 0 Å². The summed E-state index contributed by atoms with van der Waals surface area (Å²) in [6.07, 6.45) is 0. The Morgan fingerprint density at radius 3 is 2.30 bits per heavy atom. The monoisotopic (exact) mass is 358 g/mol. The number of hydrogen-bond donors (Lipinski definition) is 0. The summed E-state index contributed by atoms with van der Waals surface area (Å²) in [5.74, 6) is -0.0332. The van der Waals surface area contributed by atoms with E-state index in [1.54, 1.807) is 4.90 Å². The van der Waals surface area contributed by atoms with E-state index in [9.17, 15) is 4.79 Å². The van der Waals surface area contributed by atoms with Crippen LogP contribution in [0.1, 0.15) is 34.2 Å². The Kier molecular flexibility index (Phi) is 4.79. The van der Waals surface area contributed by atoms with Gasteiger partial charge in [-0.05, 0) is 54.8 Å². The average Bonchev–Trinajstić information content (AvgIpc) is 2.88. The number of hydrogen-bond acceptors (Lipinski definition) is 1. The number of rotatable bonds is 4. The molecule has 0 radical (unpaired) electrons. The van der Waals surface area contributed by atoms with Crippen LogP contribution in [-0.2, 0) is 7.05 Å². The van der Waals surface area contributed by atoms with Gasteiger partial charge in [-0.15, -0.1) is 0 Å². The van der Waals surface area contributed by atoms with Crippen molar-refractivity contribution in [1.29, 1.82) is 0 Å². The van der Waals surface area contributed by atoms with Gasteiger partial charge in [0.25, 0.3) is 5.91 Å². The molecule has 3 rings (SSSR count). The van der Waals surface area contributed by atoms with Crippen LogP contribution in [0.5, 0.6) is 0 Å². The van der Waals surface area contributed by atoms with E-state index < -0.39 is 0 Å². The molecular weight excluding hydrogens is 332 g/mol. The van der Waals surface area contributed by atoms with E-state index in [-0.39, 0.29) is 5.91 Å². The first-order chi connectivity index (χ1) is 12.7. The largest absolute Gasteiger partial charge is 0.343 e. The molecule has 0 N–H and O–H groups in total. The number of nitrogens with zero attached hydrogens (tertiary/aromatic N) is 2. The topological polar surface area (TPSA) is 25.2 Å². The molecule has 0 atom stereocenters. The first-order valence-electron chi connectivity index (χ1n) is 9.02. The molecule has 1 heterocycles. The number of allylic oxidation sites excluding steroid dienone is 2. The minimum atomic E-state index is -0.0332. The zero-order chi connectivity index (χ0) is 19.9. The predicted octanol–water partition coefficient (Wildman–Crippen LogP) is 5.66. The molecule has 0 aliphatic carbocycles. The Morgan fingerprint density at radius 2 is 1.67 bits per heavy atom. The summed E-state index contributed by atoms with van der Waals surface area (Å²) in [5.41, 5.74) is 6.33. The smallest absolute Gasteiger partial charge is 0.274 e. The number of amides is 1. The lowest BCUT2D eigenvalue weighted by Gasteiger charge is -2.19. The van der Waals surface area contributed by atoms with Crippen LogP contribution < -0.4 is 4.90 Å². The summed E-state index contributed by atoms with van der Waals surface area (Å²) < 4.78 is 1.96. The van der Waals surface area contributed by atoms with Gasteiger partial charge in [0.15, 0.2) is 0 Å². The van der Waals surface area contributed by atoms with Crippen molar-refractivity contribution in [2.75, 3.05) is 11.9 Å². The summed E-state index contributed by atoms with van der Waals surface area (Å²) in [6, 6.07) is 14.2. The van der Waals surface area contributed by atoms with Crippen molar-refractivity contribution in [3.63, 3.8) is 0 Å². The van der Waals surface area contributed by atoms with Crippen LogP contribution in [0.3, 0.4) is 0 Å². The van der Waals surface area contributed by atoms with Gasteiger partial charge >= 0.3 is 0 Å². The SMILES string of the molecule is C=C(C)C(=C)c1c(C)c(C(=O)N(C)c2ccc3ccccc3c2)n(C)c1C. The molecule has 0 aliphatic heterocycles. The van der Waals surface area contributed by atoms with Crippen molar-refractivity contribution < 1.29 is 4.79 Å². The third-order valence-corrected chi connectivity index (χ3v) is 5.38. The van der Waals surface area contributed by atoms with Gasteiger partial charge < -0.3 is 9.47 Å². The second-order valence-electron chi connectivity index (χ2n) is 7.15.